The normalized spacial score (nSPS) is 10.3. The van der Waals surface area contributed by atoms with E-state index in [1.807, 2.05) is 0 Å². The van der Waals surface area contributed by atoms with Gasteiger partial charge in [-0.15, -0.1) is 0 Å². The van der Waals surface area contributed by atoms with E-state index in [1.54, 1.807) is 35.3 Å². The number of hydrogen-bond donors (Lipinski definition) is 0. The summed E-state index contributed by atoms with van der Waals surface area (Å²) in [6.07, 6.45) is 4.95. The molecular formula is C8H5Cl2N3. The van der Waals surface area contributed by atoms with Crippen LogP contribution in [0.2, 0.25) is 10.3 Å². The first-order valence-electron chi connectivity index (χ1n) is 3.59. The van der Waals surface area contributed by atoms with Gasteiger partial charge >= 0.3 is 0 Å². The van der Waals surface area contributed by atoms with E-state index in [0.29, 0.717) is 16.1 Å². The van der Waals surface area contributed by atoms with Crippen LogP contribution in [0.25, 0.3) is 5.82 Å². The van der Waals surface area contributed by atoms with Crippen LogP contribution in [0.1, 0.15) is 0 Å². The molecule has 0 amide bonds. The smallest absolute Gasteiger partial charge is 0.208 e. The summed E-state index contributed by atoms with van der Waals surface area (Å²) in [4.78, 5) is 7.95. The van der Waals surface area contributed by atoms with Crippen molar-refractivity contribution in [1.29, 1.82) is 0 Å². The van der Waals surface area contributed by atoms with Crippen LogP contribution in [-0.2, 0) is 0 Å². The van der Waals surface area contributed by atoms with Gasteiger partial charge in [0.05, 0.1) is 5.02 Å². The van der Waals surface area contributed by atoms with Gasteiger partial charge in [0, 0.05) is 18.6 Å². The van der Waals surface area contributed by atoms with Gasteiger partial charge in [-0.2, -0.15) is 0 Å². The van der Waals surface area contributed by atoms with Crippen LogP contribution in [0.3, 0.4) is 0 Å². The average molecular weight is 214 g/mol. The Morgan fingerprint density at radius 2 is 2.00 bits per heavy atom. The van der Waals surface area contributed by atoms with Crippen LogP contribution >= 0.6 is 23.2 Å². The molecule has 0 atom stereocenters. The first kappa shape index (κ1) is 8.53. The van der Waals surface area contributed by atoms with Crippen molar-refractivity contribution in [2.24, 2.45) is 0 Å². The van der Waals surface area contributed by atoms with Crippen molar-refractivity contribution >= 4 is 23.2 Å². The molecule has 2 aromatic rings. The molecule has 0 spiro atoms. The molecule has 0 aromatic carbocycles. The summed E-state index contributed by atoms with van der Waals surface area (Å²) in [6.45, 7) is 0. The minimum atomic E-state index is 0.348. The van der Waals surface area contributed by atoms with Crippen LogP contribution in [0.5, 0.6) is 0 Å². The molecule has 0 aliphatic carbocycles. The van der Waals surface area contributed by atoms with Crippen molar-refractivity contribution in [3.63, 3.8) is 0 Å². The van der Waals surface area contributed by atoms with E-state index in [9.17, 15) is 0 Å². The lowest BCUT2D eigenvalue weighted by atomic mass is 10.4. The van der Waals surface area contributed by atoms with Crippen molar-refractivity contribution in [3.05, 3.63) is 41.0 Å². The Labute approximate surface area is 85.0 Å². The Morgan fingerprint density at radius 3 is 2.62 bits per heavy atom. The second-order valence-electron chi connectivity index (χ2n) is 2.38. The summed E-state index contributed by atoms with van der Waals surface area (Å²) in [5.74, 6) is 0.590. The fraction of sp³-hybridized carbons (Fsp3) is 0. The van der Waals surface area contributed by atoms with Crippen LogP contribution in [-0.4, -0.2) is 14.5 Å². The molecule has 0 fully saturated rings. The van der Waals surface area contributed by atoms with E-state index in [0.717, 1.165) is 0 Å². The molecule has 0 aliphatic heterocycles. The third kappa shape index (κ3) is 1.53. The molecule has 0 aliphatic rings. The van der Waals surface area contributed by atoms with Gasteiger partial charge in [0.1, 0.15) is 0 Å². The standard InChI is InChI=1S/C8H5Cl2N3/c9-6-2-1-3-11-7(6)13-5-4-12-8(13)10/h1-5H. The molecule has 13 heavy (non-hydrogen) atoms. The van der Waals surface area contributed by atoms with Crippen LogP contribution in [0, 0.1) is 0 Å². The Hall–Kier alpha value is -1.06. The van der Waals surface area contributed by atoms with E-state index in [-0.39, 0.29) is 0 Å². The highest BCUT2D eigenvalue weighted by Gasteiger charge is 2.06. The molecule has 0 saturated heterocycles. The zero-order chi connectivity index (χ0) is 9.26. The third-order valence-corrected chi connectivity index (χ3v) is 2.14. The van der Waals surface area contributed by atoms with E-state index in [2.05, 4.69) is 9.97 Å². The molecule has 0 radical (unpaired) electrons. The van der Waals surface area contributed by atoms with Crippen molar-refractivity contribution in [3.8, 4) is 5.82 Å². The lowest BCUT2D eigenvalue weighted by Gasteiger charge is -2.03. The molecule has 3 nitrogen and oxygen atoms in total. The van der Waals surface area contributed by atoms with E-state index >= 15 is 0 Å². The van der Waals surface area contributed by atoms with E-state index < -0.39 is 0 Å². The minimum absolute atomic E-state index is 0.348. The Morgan fingerprint density at radius 1 is 1.15 bits per heavy atom. The van der Waals surface area contributed by atoms with Gasteiger partial charge in [-0.1, -0.05) is 11.6 Å². The van der Waals surface area contributed by atoms with Crippen LogP contribution < -0.4 is 0 Å². The fourth-order valence-electron chi connectivity index (χ4n) is 0.998. The first-order chi connectivity index (χ1) is 6.29. The van der Waals surface area contributed by atoms with Gasteiger partial charge in [0.2, 0.25) is 5.28 Å². The maximum atomic E-state index is 5.92. The summed E-state index contributed by atoms with van der Waals surface area (Å²) in [5.41, 5.74) is 0. The van der Waals surface area contributed by atoms with Gasteiger partial charge in [-0.3, -0.25) is 4.57 Å². The number of hydrogen-bond acceptors (Lipinski definition) is 2. The molecule has 0 N–H and O–H groups in total. The first-order valence-corrected chi connectivity index (χ1v) is 4.34. The van der Waals surface area contributed by atoms with Gasteiger partial charge in [-0.05, 0) is 23.7 Å². The molecule has 2 heterocycles. The summed E-state index contributed by atoms with van der Waals surface area (Å²) >= 11 is 11.7. The number of imidazole rings is 1. The SMILES string of the molecule is Clc1cccnc1-n1ccnc1Cl. The van der Waals surface area contributed by atoms with Gasteiger partial charge < -0.3 is 0 Å². The van der Waals surface area contributed by atoms with Gasteiger partial charge in [-0.25, -0.2) is 9.97 Å². The van der Waals surface area contributed by atoms with Crippen molar-refractivity contribution in [2.75, 3.05) is 0 Å². The molecule has 2 aromatic heterocycles. The highest BCUT2D eigenvalue weighted by molar-refractivity contribution is 6.32. The highest BCUT2D eigenvalue weighted by Crippen LogP contribution is 2.19. The van der Waals surface area contributed by atoms with Crippen LogP contribution in [0.15, 0.2) is 30.7 Å². The molecular weight excluding hydrogens is 209 g/mol. The highest BCUT2D eigenvalue weighted by atomic mass is 35.5. The topological polar surface area (TPSA) is 30.7 Å². The zero-order valence-electron chi connectivity index (χ0n) is 6.48. The number of nitrogens with zero attached hydrogens (tertiary/aromatic N) is 3. The number of aromatic nitrogens is 3. The van der Waals surface area contributed by atoms with Crippen molar-refractivity contribution in [2.45, 2.75) is 0 Å². The Kier molecular flexibility index (Phi) is 2.20. The third-order valence-electron chi connectivity index (χ3n) is 1.56. The summed E-state index contributed by atoms with van der Waals surface area (Å²) in [5, 5.41) is 0.892. The number of pyridine rings is 1. The molecule has 0 unspecified atom stereocenters. The number of halogens is 2. The molecule has 2 rings (SSSR count). The quantitative estimate of drug-likeness (QED) is 0.730. The molecule has 0 bridgehead atoms. The zero-order valence-corrected chi connectivity index (χ0v) is 8.00. The second kappa shape index (κ2) is 3.36. The fourth-order valence-corrected chi connectivity index (χ4v) is 1.40. The van der Waals surface area contributed by atoms with E-state index in [1.165, 1.54) is 0 Å². The molecule has 5 heteroatoms. The predicted octanol–water partition coefficient (Wildman–Crippen LogP) is 2.57. The molecule has 66 valence electrons. The van der Waals surface area contributed by atoms with Gasteiger partial charge in [0.15, 0.2) is 5.82 Å². The van der Waals surface area contributed by atoms with Crippen LogP contribution in [0.4, 0.5) is 0 Å². The summed E-state index contributed by atoms with van der Waals surface area (Å²) < 4.78 is 1.61. The lowest BCUT2D eigenvalue weighted by Crippen LogP contribution is -1.96. The number of rotatable bonds is 1. The van der Waals surface area contributed by atoms with E-state index in [4.69, 9.17) is 23.2 Å². The largest absolute Gasteiger partial charge is 0.273 e. The maximum absolute atomic E-state index is 5.92. The second-order valence-corrected chi connectivity index (χ2v) is 3.12. The predicted molar refractivity (Wildman–Crippen MR) is 51.4 cm³/mol. The average Bonchev–Trinajstić information content (AvgIpc) is 2.52. The Balaban J connectivity index is 2.59. The monoisotopic (exact) mass is 213 g/mol. The lowest BCUT2D eigenvalue weighted by molar-refractivity contribution is 0.994. The molecule has 0 saturated carbocycles. The minimum Gasteiger partial charge on any atom is -0.273 e. The van der Waals surface area contributed by atoms with Crippen molar-refractivity contribution < 1.29 is 0 Å². The summed E-state index contributed by atoms with van der Waals surface area (Å²) in [7, 11) is 0. The summed E-state index contributed by atoms with van der Waals surface area (Å²) in [6, 6.07) is 3.51. The maximum Gasteiger partial charge on any atom is 0.208 e. The van der Waals surface area contributed by atoms with Gasteiger partial charge in [0.25, 0.3) is 0 Å². The Bertz CT molecular complexity index is 425. The van der Waals surface area contributed by atoms with Crippen molar-refractivity contribution in [1.82, 2.24) is 14.5 Å².